The Morgan fingerprint density at radius 1 is 1.00 bits per heavy atom. The summed E-state index contributed by atoms with van der Waals surface area (Å²) in [4.78, 5) is 47.4. The molecule has 1 aromatic carbocycles. The van der Waals surface area contributed by atoms with Gasteiger partial charge in [0.1, 0.15) is 17.7 Å². The highest BCUT2D eigenvalue weighted by molar-refractivity contribution is 5.90. The number of hydrogen-bond donors (Lipinski definition) is 3. The van der Waals surface area contributed by atoms with Crippen LogP contribution in [0.1, 0.15) is 52.5 Å². The van der Waals surface area contributed by atoms with E-state index < -0.39 is 41.4 Å². The summed E-state index contributed by atoms with van der Waals surface area (Å²) in [5.74, 6) is -2.77. The van der Waals surface area contributed by atoms with Crippen molar-refractivity contribution in [2.45, 2.75) is 71.1 Å². The Balaban J connectivity index is 2.70. The Hall–Kier alpha value is -2.90. The maximum absolute atomic E-state index is 12.6. The summed E-state index contributed by atoms with van der Waals surface area (Å²) in [6, 6.07) is 7.19. The number of carboxylic acid groups (broad SMARTS) is 1. The molecule has 3 N–H and O–H groups in total. The van der Waals surface area contributed by atoms with Gasteiger partial charge in [0, 0.05) is 13.3 Å². The van der Waals surface area contributed by atoms with Crippen LogP contribution >= 0.6 is 0 Å². The van der Waals surface area contributed by atoms with Crippen LogP contribution in [-0.2, 0) is 30.3 Å². The summed E-state index contributed by atoms with van der Waals surface area (Å²) < 4.78 is 5.20. The van der Waals surface area contributed by atoms with E-state index in [-0.39, 0.29) is 19.3 Å². The molecule has 8 nitrogen and oxygen atoms in total. The minimum Gasteiger partial charge on any atom is -0.480 e. The van der Waals surface area contributed by atoms with Gasteiger partial charge in [0.25, 0.3) is 0 Å². The first-order valence-corrected chi connectivity index (χ1v) is 9.54. The molecule has 0 saturated heterocycles. The van der Waals surface area contributed by atoms with Gasteiger partial charge >= 0.3 is 11.9 Å². The maximum atomic E-state index is 12.6. The Labute approximate surface area is 171 Å². The van der Waals surface area contributed by atoms with Crippen LogP contribution in [0.25, 0.3) is 0 Å². The monoisotopic (exact) mass is 406 g/mol. The average Bonchev–Trinajstić information content (AvgIpc) is 2.60. The van der Waals surface area contributed by atoms with Crippen LogP contribution in [0.4, 0.5) is 0 Å². The lowest BCUT2D eigenvalue weighted by Gasteiger charge is -2.22. The molecule has 0 fully saturated rings. The van der Waals surface area contributed by atoms with E-state index in [0.717, 1.165) is 5.56 Å². The standard InChI is InChI=1S/C21H30N2O6/c1-14(24)22-16(12-13-18(25)29-21(2,3)4)19(26)23-17(20(27)28)11-10-15-8-6-5-7-9-15/h5-9,16-17H,10-13H2,1-4H3,(H,22,24)(H,23,26)(H,27,28)/t16-,17-/m0/s1. The summed E-state index contributed by atoms with van der Waals surface area (Å²) in [6.45, 7) is 6.44. The van der Waals surface area contributed by atoms with E-state index in [1.807, 2.05) is 30.3 Å². The van der Waals surface area contributed by atoms with Gasteiger partial charge in [-0.3, -0.25) is 14.4 Å². The molecule has 0 radical (unpaired) electrons. The summed E-state index contributed by atoms with van der Waals surface area (Å²) in [7, 11) is 0. The first-order valence-electron chi connectivity index (χ1n) is 9.54. The third kappa shape index (κ3) is 10.3. The Kier molecular flexibility index (Phi) is 9.31. The van der Waals surface area contributed by atoms with Crippen molar-refractivity contribution in [1.82, 2.24) is 10.6 Å². The number of benzene rings is 1. The average molecular weight is 406 g/mol. The van der Waals surface area contributed by atoms with Crippen molar-refractivity contribution in [2.24, 2.45) is 0 Å². The predicted molar refractivity (Wildman–Crippen MR) is 107 cm³/mol. The van der Waals surface area contributed by atoms with Gasteiger partial charge < -0.3 is 20.5 Å². The summed E-state index contributed by atoms with van der Waals surface area (Å²) in [6.07, 6.45) is 0.591. The van der Waals surface area contributed by atoms with Crippen LogP contribution in [0, 0.1) is 0 Å². The first kappa shape index (κ1) is 24.1. The number of hydrogen-bond acceptors (Lipinski definition) is 5. The second-order valence-electron chi connectivity index (χ2n) is 7.80. The second kappa shape index (κ2) is 11.2. The van der Waals surface area contributed by atoms with E-state index in [0.29, 0.717) is 6.42 Å². The normalized spacial score (nSPS) is 13.1. The number of ether oxygens (including phenoxy) is 1. The van der Waals surface area contributed by atoms with E-state index in [9.17, 15) is 24.3 Å². The Morgan fingerprint density at radius 3 is 2.14 bits per heavy atom. The van der Waals surface area contributed by atoms with Gasteiger partial charge in [0.15, 0.2) is 0 Å². The molecule has 2 amide bonds. The summed E-state index contributed by atoms with van der Waals surface area (Å²) in [5.41, 5.74) is 0.297. The second-order valence-corrected chi connectivity index (χ2v) is 7.80. The number of esters is 1. The quantitative estimate of drug-likeness (QED) is 0.510. The third-order valence-electron chi connectivity index (χ3n) is 3.93. The number of carbonyl (C=O) groups is 4. The van der Waals surface area contributed by atoms with Crippen LogP contribution in [0.2, 0.25) is 0 Å². The molecule has 2 atom stereocenters. The van der Waals surface area contributed by atoms with Gasteiger partial charge in [-0.1, -0.05) is 30.3 Å². The molecular weight excluding hydrogens is 376 g/mol. The van der Waals surface area contributed by atoms with Crippen LogP contribution in [0.3, 0.4) is 0 Å². The fourth-order valence-electron chi connectivity index (χ4n) is 2.65. The fraction of sp³-hybridized carbons (Fsp3) is 0.524. The molecule has 0 saturated carbocycles. The highest BCUT2D eigenvalue weighted by Gasteiger charge is 2.27. The molecule has 0 heterocycles. The van der Waals surface area contributed by atoms with E-state index in [2.05, 4.69) is 10.6 Å². The van der Waals surface area contributed by atoms with Gasteiger partial charge in [0.05, 0.1) is 0 Å². The topological polar surface area (TPSA) is 122 Å². The van der Waals surface area contributed by atoms with Gasteiger partial charge in [0.2, 0.25) is 11.8 Å². The SMILES string of the molecule is CC(=O)N[C@@H](CCC(=O)OC(C)(C)C)C(=O)N[C@@H](CCc1ccccc1)C(=O)O. The lowest BCUT2D eigenvalue weighted by molar-refractivity contribution is -0.155. The molecule has 0 bridgehead atoms. The molecule has 8 heteroatoms. The Morgan fingerprint density at radius 2 is 1.62 bits per heavy atom. The largest absolute Gasteiger partial charge is 0.480 e. The first-order chi connectivity index (χ1) is 13.5. The molecule has 0 aromatic heterocycles. The molecule has 29 heavy (non-hydrogen) atoms. The van der Waals surface area contributed by atoms with Gasteiger partial charge in [-0.2, -0.15) is 0 Å². The van der Waals surface area contributed by atoms with Crippen molar-refractivity contribution in [3.8, 4) is 0 Å². The Bertz CT molecular complexity index is 712. The fourth-order valence-corrected chi connectivity index (χ4v) is 2.65. The molecule has 0 spiro atoms. The lowest BCUT2D eigenvalue weighted by atomic mass is 10.0. The zero-order chi connectivity index (χ0) is 22.0. The summed E-state index contributed by atoms with van der Waals surface area (Å²) in [5, 5.41) is 14.4. The van der Waals surface area contributed by atoms with Crippen LogP contribution < -0.4 is 10.6 Å². The lowest BCUT2D eigenvalue weighted by Crippen LogP contribution is -2.51. The van der Waals surface area contributed by atoms with Crippen LogP contribution in [-0.4, -0.2) is 46.5 Å². The van der Waals surface area contributed by atoms with Crippen LogP contribution in [0.5, 0.6) is 0 Å². The number of carbonyl (C=O) groups excluding carboxylic acids is 3. The molecular formula is C21H30N2O6. The van der Waals surface area contributed by atoms with Crippen molar-refractivity contribution >= 4 is 23.8 Å². The minimum absolute atomic E-state index is 0.00531. The van der Waals surface area contributed by atoms with Crippen molar-refractivity contribution in [1.29, 1.82) is 0 Å². The van der Waals surface area contributed by atoms with E-state index in [1.54, 1.807) is 20.8 Å². The zero-order valence-corrected chi connectivity index (χ0v) is 17.4. The highest BCUT2D eigenvalue weighted by Crippen LogP contribution is 2.11. The molecule has 0 unspecified atom stereocenters. The minimum atomic E-state index is -1.16. The molecule has 0 aliphatic carbocycles. The smallest absolute Gasteiger partial charge is 0.326 e. The zero-order valence-electron chi connectivity index (χ0n) is 17.4. The van der Waals surface area contributed by atoms with Crippen molar-refractivity contribution in [2.75, 3.05) is 0 Å². The molecule has 1 rings (SSSR count). The predicted octanol–water partition coefficient (Wildman–Crippen LogP) is 1.82. The van der Waals surface area contributed by atoms with E-state index in [4.69, 9.17) is 4.74 Å². The van der Waals surface area contributed by atoms with E-state index >= 15 is 0 Å². The molecule has 1 aromatic rings. The number of nitrogens with one attached hydrogen (secondary N) is 2. The van der Waals surface area contributed by atoms with Crippen molar-refractivity contribution < 1.29 is 29.0 Å². The number of amides is 2. The van der Waals surface area contributed by atoms with Gasteiger partial charge in [-0.05, 0) is 45.6 Å². The molecule has 160 valence electrons. The maximum Gasteiger partial charge on any atom is 0.326 e. The van der Waals surface area contributed by atoms with E-state index in [1.165, 1.54) is 6.92 Å². The van der Waals surface area contributed by atoms with Gasteiger partial charge in [-0.15, -0.1) is 0 Å². The number of aliphatic carboxylic acids is 1. The van der Waals surface area contributed by atoms with Crippen molar-refractivity contribution in [3.05, 3.63) is 35.9 Å². The molecule has 0 aliphatic heterocycles. The third-order valence-corrected chi connectivity index (χ3v) is 3.93. The number of aryl methyl sites for hydroxylation is 1. The van der Waals surface area contributed by atoms with Gasteiger partial charge in [-0.25, -0.2) is 4.79 Å². The van der Waals surface area contributed by atoms with Crippen molar-refractivity contribution in [3.63, 3.8) is 0 Å². The number of carboxylic acids is 1. The summed E-state index contributed by atoms with van der Waals surface area (Å²) >= 11 is 0. The molecule has 0 aliphatic rings. The number of rotatable bonds is 10. The highest BCUT2D eigenvalue weighted by atomic mass is 16.6. The van der Waals surface area contributed by atoms with Crippen LogP contribution in [0.15, 0.2) is 30.3 Å².